The third-order valence-electron chi connectivity index (χ3n) is 6.30. The highest BCUT2D eigenvalue weighted by molar-refractivity contribution is 5.85. The Balaban J connectivity index is 0.00000161. The zero-order valence-electron chi connectivity index (χ0n) is 13.6. The molecule has 1 N–H and O–H groups in total. The molecular formula is C17H31ClN2O. The van der Waals surface area contributed by atoms with Crippen molar-refractivity contribution in [3.05, 3.63) is 0 Å². The van der Waals surface area contributed by atoms with Gasteiger partial charge in [0.25, 0.3) is 0 Å². The lowest BCUT2D eigenvalue weighted by molar-refractivity contribution is -0.135. The Hall–Kier alpha value is -0.280. The van der Waals surface area contributed by atoms with Crippen molar-refractivity contribution < 1.29 is 4.79 Å². The molecule has 0 radical (unpaired) electrons. The summed E-state index contributed by atoms with van der Waals surface area (Å²) in [5, 5.41) is 3.63. The minimum atomic E-state index is 0. The molecule has 2 saturated heterocycles. The van der Waals surface area contributed by atoms with Crippen molar-refractivity contribution in [1.82, 2.24) is 10.2 Å². The largest absolute Gasteiger partial charge is 0.341 e. The van der Waals surface area contributed by atoms with E-state index >= 15 is 0 Å². The predicted molar refractivity (Wildman–Crippen MR) is 88.7 cm³/mol. The van der Waals surface area contributed by atoms with Crippen LogP contribution in [0.2, 0.25) is 0 Å². The monoisotopic (exact) mass is 314 g/mol. The Bertz CT molecular complexity index is 352. The fraction of sp³-hybridized carbons (Fsp3) is 0.941. The number of hydrogen-bond acceptors (Lipinski definition) is 2. The zero-order chi connectivity index (χ0) is 14.2. The Morgan fingerprint density at radius 3 is 2.52 bits per heavy atom. The van der Waals surface area contributed by atoms with Crippen LogP contribution < -0.4 is 5.32 Å². The molecule has 3 fully saturated rings. The fourth-order valence-corrected chi connectivity index (χ4v) is 4.35. The van der Waals surface area contributed by atoms with Crippen LogP contribution in [0.15, 0.2) is 0 Å². The molecule has 3 rings (SSSR count). The van der Waals surface area contributed by atoms with Crippen molar-refractivity contribution in [3.63, 3.8) is 0 Å². The first-order valence-corrected chi connectivity index (χ1v) is 8.66. The first kappa shape index (κ1) is 17.1. The molecule has 3 unspecified atom stereocenters. The molecule has 21 heavy (non-hydrogen) atoms. The van der Waals surface area contributed by atoms with Gasteiger partial charge in [-0.05, 0) is 43.4 Å². The normalized spacial score (nSPS) is 35.0. The van der Waals surface area contributed by atoms with Crippen molar-refractivity contribution >= 4 is 18.3 Å². The van der Waals surface area contributed by atoms with Crippen LogP contribution in [0.5, 0.6) is 0 Å². The first-order chi connectivity index (χ1) is 9.61. The quantitative estimate of drug-likeness (QED) is 0.847. The second-order valence-corrected chi connectivity index (χ2v) is 7.60. The molecule has 122 valence electrons. The van der Waals surface area contributed by atoms with Gasteiger partial charge in [0.2, 0.25) is 5.91 Å². The van der Waals surface area contributed by atoms with Gasteiger partial charge in [-0.2, -0.15) is 0 Å². The molecule has 2 heterocycles. The van der Waals surface area contributed by atoms with Crippen LogP contribution in [0.3, 0.4) is 0 Å². The summed E-state index contributed by atoms with van der Waals surface area (Å²) in [6.07, 6.45) is 9.99. The van der Waals surface area contributed by atoms with Gasteiger partial charge >= 0.3 is 0 Å². The maximum Gasteiger partial charge on any atom is 0.239 e. The molecule has 0 aromatic rings. The van der Waals surface area contributed by atoms with Crippen LogP contribution in [-0.2, 0) is 4.79 Å². The van der Waals surface area contributed by atoms with Crippen molar-refractivity contribution in [2.75, 3.05) is 13.1 Å². The van der Waals surface area contributed by atoms with Gasteiger partial charge in [0.1, 0.15) is 0 Å². The highest BCUT2D eigenvalue weighted by Gasteiger charge is 2.41. The van der Waals surface area contributed by atoms with Crippen molar-refractivity contribution in [1.29, 1.82) is 0 Å². The van der Waals surface area contributed by atoms with Crippen LogP contribution in [-0.4, -0.2) is 36.0 Å². The van der Waals surface area contributed by atoms with E-state index in [9.17, 15) is 4.79 Å². The Kier molecular flexibility index (Phi) is 5.59. The van der Waals surface area contributed by atoms with E-state index in [1.165, 1.54) is 44.9 Å². The van der Waals surface area contributed by atoms with Crippen LogP contribution in [0, 0.1) is 11.3 Å². The molecular weight excluding hydrogens is 284 g/mol. The average Bonchev–Trinajstić information content (AvgIpc) is 2.91. The van der Waals surface area contributed by atoms with Gasteiger partial charge in [-0.25, -0.2) is 0 Å². The van der Waals surface area contributed by atoms with E-state index in [-0.39, 0.29) is 18.4 Å². The van der Waals surface area contributed by atoms with Crippen LogP contribution in [0.25, 0.3) is 0 Å². The molecule has 0 spiro atoms. The fourth-order valence-electron chi connectivity index (χ4n) is 4.35. The van der Waals surface area contributed by atoms with Gasteiger partial charge in [0.15, 0.2) is 0 Å². The topological polar surface area (TPSA) is 32.3 Å². The van der Waals surface area contributed by atoms with Gasteiger partial charge in [-0.3, -0.25) is 4.79 Å². The van der Waals surface area contributed by atoms with Gasteiger partial charge in [-0.15, -0.1) is 12.4 Å². The lowest BCUT2D eigenvalue weighted by Crippen LogP contribution is -2.49. The number of likely N-dealkylation sites (tertiary alicyclic amines) is 1. The highest BCUT2D eigenvalue weighted by atomic mass is 35.5. The molecule has 1 aliphatic carbocycles. The Morgan fingerprint density at radius 2 is 1.90 bits per heavy atom. The number of nitrogens with zero attached hydrogens (tertiary/aromatic N) is 1. The maximum atomic E-state index is 12.7. The van der Waals surface area contributed by atoms with Gasteiger partial charge in [0.05, 0.1) is 6.04 Å². The molecule has 3 atom stereocenters. The van der Waals surface area contributed by atoms with Crippen molar-refractivity contribution in [2.24, 2.45) is 11.3 Å². The number of hydrogen-bond donors (Lipinski definition) is 1. The molecule has 4 heteroatoms. The average molecular weight is 315 g/mol. The molecule has 3 nitrogen and oxygen atoms in total. The number of piperidine rings is 1. The maximum absolute atomic E-state index is 12.7. The van der Waals surface area contributed by atoms with E-state index in [1.807, 2.05) is 0 Å². The summed E-state index contributed by atoms with van der Waals surface area (Å²) < 4.78 is 0. The zero-order valence-corrected chi connectivity index (χ0v) is 14.4. The lowest BCUT2D eigenvalue weighted by Gasteiger charge is -2.39. The molecule has 3 aliphatic rings. The second kappa shape index (κ2) is 6.87. The van der Waals surface area contributed by atoms with Crippen LogP contribution >= 0.6 is 12.4 Å². The molecule has 0 aromatic carbocycles. The first-order valence-electron chi connectivity index (χ1n) is 8.66. The number of carbonyl (C=O) groups is 1. The summed E-state index contributed by atoms with van der Waals surface area (Å²) in [6, 6.07) is 0.748. The molecule has 0 bridgehead atoms. The second-order valence-electron chi connectivity index (χ2n) is 7.60. The summed E-state index contributed by atoms with van der Waals surface area (Å²) in [5.41, 5.74) is 0.466. The summed E-state index contributed by atoms with van der Waals surface area (Å²) in [7, 11) is 0. The number of halogens is 1. The van der Waals surface area contributed by atoms with E-state index in [0.717, 1.165) is 25.4 Å². The van der Waals surface area contributed by atoms with E-state index in [2.05, 4.69) is 24.1 Å². The van der Waals surface area contributed by atoms with E-state index in [4.69, 9.17) is 0 Å². The van der Waals surface area contributed by atoms with E-state index in [1.54, 1.807) is 0 Å². The van der Waals surface area contributed by atoms with Crippen molar-refractivity contribution in [2.45, 2.75) is 77.3 Å². The Labute approximate surface area is 135 Å². The highest BCUT2D eigenvalue weighted by Crippen LogP contribution is 2.36. The number of rotatable bonds is 2. The summed E-state index contributed by atoms with van der Waals surface area (Å²) in [4.78, 5) is 14.8. The standard InChI is InChI=1S/C17H30N2O.ClH/c1-3-17(2)8-10-19(11-9-17)16(20)15-12-13-6-4-5-7-14(13)18-15;/h13-15,18H,3-12H2,1-2H3;1H. The van der Waals surface area contributed by atoms with Gasteiger partial charge < -0.3 is 10.2 Å². The number of carbonyl (C=O) groups excluding carboxylic acids is 1. The smallest absolute Gasteiger partial charge is 0.239 e. The van der Waals surface area contributed by atoms with Gasteiger partial charge in [0, 0.05) is 19.1 Å². The van der Waals surface area contributed by atoms with Crippen LogP contribution in [0.1, 0.15) is 65.2 Å². The lowest BCUT2D eigenvalue weighted by atomic mass is 9.78. The predicted octanol–water partition coefficient (Wildman–Crippen LogP) is 3.37. The van der Waals surface area contributed by atoms with Gasteiger partial charge in [-0.1, -0.05) is 33.1 Å². The molecule has 1 saturated carbocycles. The summed E-state index contributed by atoms with van der Waals surface area (Å²) >= 11 is 0. The Morgan fingerprint density at radius 1 is 1.24 bits per heavy atom. The minimum Gasteiger partial charge on any atom is -0.341 e. The molecule has 1 amide bonds. The number of nitrogens with one attached hydrogen (secondary N) is 1. The minimum absolute atomic E-state index is 0. The number of amides is 1. The number of fused-ring (bicyclic) bond motifs is 1. The molecule has 0 aromatic heterocycles. The van der Waals surface area contributed by atoms with E-state index < -0.39 is 0 Å². The third-order valence-corrected chi connectivity index (χ3v) is 6.30. The van der Waals surface area contributed by atoms with Crippen molar-refractivity contribution in [3.8, 4) is 0 Å². The summed E-state index contributed by atoms with van der Waals surface area (Å²) in [5.74, 6) is 1.15. The van der Waals surface area contributed by atoms with Crippen LogP contribution in [0.4, 0.5) is 0 Å². The third kappa shape index (κ3) is 3.56. The van der Waals surface area contributed by atoms with E-state index in [0.29, 0.717) is 17.4 Å². The molecule has 2 aliphatic heterocycles. The SMILES string of the molecule is CCC1(C)CCN(C(=O)C2CC3CCCCC3N2)CC1.Cl. The summed E-state index contributed by atoms with van der Waals surface area (Å²) in [6.45, 7) is 6.59.